The summed E-state index contributed by atoms with van der Waals surface area (Å²) < 4.78 is 18.5. The number of nitrogens with one attached hydrogen (secondary N) is 2. The highest BCUT2D eigenvalue weighted by Crippen LogP contribution is 2.14. The predicted molar refractivity (Wildman–Crippen MR) is 82.0 cm³/mol. The molecule has 0 aromatic heterocycles. The lowest BCUT2D eigenvalue weighted by molar-refractivity contribution is 0.0527. The van der Waals surface area contributed by atoms with Gasteiger partial charge >= 0.3 is 6.09 Å². The van der Waals surface area contributed by atoms with Crippen molar-refractivity contribution in [1.29, 1.82) is 0 Å². The molecular formula is C15H22ClFN2O2. The van der Waals surface area contributed by atoms with E-state index >= 15 is 0 Å². The van der Waals surface area contributed by atoms with Gasteiger partial charge in [0.05, 0.1) is 0 Å². The molecule has 0 heterocycles. The fourth-order valence-electron chi connectivity index (χ4n) is 1.62. The van der Waals surface area contributed by atoms with Crippen LogP contribution in [0.5, 0.6) is 0 Å². The van der Waals surface area contributed by atoms with E-state index in [4.69, 9.17) is 16.3 Å². The van der Waals surface area contributed by atoms with Crippen LogP contribution in [0.4, 0.5) is 9.18 Å². The van der Waals surface area contributed by atoms with Crippen LogP contribution in [0.3, 0.4) is 0 Å². The molecular weight excluding hydrogens is 295 g/mol. The van der Waals surface area contributed by atoms with Crippen LogP contribution in [-0.2, 0) is 11.3 Å². The second-order valence-corrected chi connectivity index (χ2v) is 6.13. The molecule has 4 nitrogen and oxygen atoms in total. The van der Waals surface area contributed by atoms with Gasteiger partial charge in [-0.2, -0.15) is 0 Å². The largest absolute Gasteiger partial charge is 0.444 e. The lowest BCUT2D eigenvalue weighted by Gasteiger charge is -2.19. The monoisotopic (exact) mass is 316 g/mol. The summed E-state index contributed by atoms with van der Waals surface area (Å²) in [4.78, 5) is 11.4. The Balaban J connectivity index is 2.15. The first-order valence-corrected chi connectivity index (χ1v) is 7.27. The standard InChI is InChI=1S/C15H22ClFN2O2/c1-15(2,3)21-14(20)19-8-4-7-18-10-11-9-12(16)5-6-13(11)17/h5-6,9,18H,4,7-8,10H2,1-3H3,(H,19,20). The van der Waals surface area contributed by atoms with Gasteiger partial charge in [0.25, 0.3) is 0 Å². The normalized spacial score (nSPS) is 11.3. The molecule has 118 valence electrons. The maximum absolute atomic E-state index is 13.4. The van der Waals surface area contributed by atoms with Gasteiger partial charge in [-0.3, -0.25) is 0 Å². The van der Waals surface area contributed by atoms with E-state index in [0.29, 0.717) is 30.2 Å². The lowest BCUT2D eigenvalue weighted by atomic mass is 10.2. The zero-order valence-corrected chi connectivity index (χ0v) is 13.4. The number of hydrogen-bond donors (Lipinski definition) is 2. The fourth-order valence-corrected chi connectivity index (χ4v) is 1.81. The molecule has 0 aliphatic carbocycles. The van der Waals surface area contributed by atoms with E-state index in [1.165, 1.54) is 12.1 Å². The van der Waals surface area contributed by atoms with Crippen molar-refractivity contribution in [2.45, 2.75) is 39.3 Å². The summed E-state index contributed by atoms with van der Waals surface area (Å²) in [5, 5.41) is 6.28. The number of carbonyl (C=O) groups excluding carboxylic acids is 1. The summed E-state index contributed by atoms with van der Waals surface area (Å²) in [6.45, 7) is 7.00. The second-order valence-electron chi connectivity index (χ2n) is 5.69. The van der Waals surface area contributed by atoms with E-state index in [2.05, 4.69) is 10.6 Å². The van der Waals surface area contributed by atoms with Crippen LogP contribution in [0.25, 0.3) is 0 Å². The van der Waals surface area contributed by atoms with E-state index in [1.54, 1.807) is 6.07 Å². The Labute approximate surface area is 130 Å². The number of amides is 1. The second kappa shape index (κ2) is 8.20. The zero-order valence-electron chi connectivity index (χ0n) is 12.6. The van der Waals surface area contributed by atoms with Gasteiger partial charge in [0.2, 0.25) is 0 Å². The van der Waals surface area contributed by atoms with Crippen LogP contribution < -0.4 is 10.6 Å². The molecule has 0 fully saturated rings. The van der Waals surface area contributed by atoms with Crippen molar-refractivity contribution in [2.24, 2.45) is 0 Å². The number of alkyl carbamates (subject to hydrolysis) is 1. The molecule has 0 saturated carbocycles. The minimum Gasteiger partial charge on any atom is -0.444 e. The molecule has 1 aromatic carbocycles. The van der Waals surface area contributed by atoms with E-state index in [9.17, 15) is 9.18 Å². The molecule has 21 heavy (non-hydrogen) atoms. The van der Waals surface area contributed by atoms with Crippen LogP contribution in [0.1, 0.15) is 32.8 Å². The van der Waals surface area contributed by atoms with E-state index in [1.807, 2.05) is 20.8 Å². The average Bonchev–Trinajstić information content (AvgIpc) is 2.35. The number of benzene rings is 1. The van der Waals surface area contributed by atoms with Crippen LogP contribution in [0, 0.1) is 5.82 Å². The third-order valence-corrected chi connectivity index (χ3v) is 2.76. The minimum atomic E-state index is -0.494. The van der Waals surface area contributed by atoms with Gasteiger partial charge in [-0.1, -0.05) is 11.6 Å². The third kappa shape index (κ3) is 7.87. The molecule has 2 N–H and O–H groups in total. The van der Waals surface area contributed by atoms with Crippen molar-refractivity contribution in [3.05, 3.63) is 34.6 Å². The van der Waals surface area contributed by atoms with Crippen molar-refractivity contribution in [3.63, 3.8) is 0 Å². The average molecular weight is 317 g/mol. The van der Waals surface area contributed by atoms with Crippen LogP contribution in [0.15, 0.2) is 18.2 Å². The summed E-state index contributed by atoms with van der Waals surface area (Å²) in [5.41, 5.74) is 0.0366. The Morgan fingerprint density at radius 2 is 2.05 bits per heavy atom. The fraction of sp³-hybridized carbons (Fsp3) is 0.533. The summed E-state index contributed by atoms with van der Waals surface area (Å²) in [5.74, 6) is -0.279. The molecule has 6 heteroatoms. The van der Waals surface area contributed by atoms with Crippen molar-refractivity contribution >= 4 is 17.7 Å². The minimum absolute atomic E-state index is 0.279. The highest BCUT2D eigenvalue weighted by Gasteiger charge is 2.15. The van der Waals surface area contributed by atoms with Crippen molar-refractivity contribution in [3.8, 4) is 0 Å². The number of hydrogen-bond acceptors (Lipinski definition) is 3. The van der Waals surface area contributed by atoms with Crippen molar-refractivity contribution in [2.75, 3.05) is 13.1 Å². The van der Waals surface area contributed by atoms with Gasteiger partial charge in [0.1, 0.15) is 11.4 Å². The zero-order chi connectivity index (χ0) is 15.9. The van der Waals surface area contributed by atoms with Crippen molar-refractivity contribution in [1.82, 2.24) is 10.6 Å². The molecule has 0 spiro atoms. The first-order valence-electron chi connectivity index (χ1n) is 6.89. The molecule has 1 rings (SSSR count). The van der Waals surface area contributed by atoms with Gasteiger partial charge in [-0.15, -0.1) is 0 Å². The Morgan fingerprint density at radius 3 is 2.71 bits per heavy atom. The highest BCUT2D eigenvalue weighted by atomic mass is 35.5. The quantitative estimate of drug-likeness (QED) is 0.790. The smallest absolute Gasteiger partial charge is 0.407 e. The Hall–Kier alpha value is -1.33. The van der Waals surface area contributed by atoms with Gasteiger partial charge in [-0.05, 0) is 51.9 Å². The maximum Gasteiger partial charge on any atom is 0.407 e. The lowest BCUT2D eigenvalue weighted by Crippen LogP contribution is -2.33. The van der Waals surface area contributed by atoms with Gasteiger partial charge in [0.15, 0.2) is 0 Å². The number of rotatable bonds is 6. The molecule has 0 unspecified atom stereocenters. The van der Waals surface area contributed by atoms with Gasteiger partial charge < -0.3 is 15.4 Å². The number of halogens is 2. The third-order valence-electron chi connectivity index (χ3n) is 2.52. The van der Waals surface area contributed by atoms with E-state index in [-0.39, 0.29) is 5.82 Å². The molecule has 0 radical (unpaired) electrons. The summed E-state index contributed by atoms with van der Waals surface area (Å²) in [6.07, 6.45) is 0.296. The summed E-state index contributed by atoms with van der Waals surface area (Å²) >= 11 is 5.81. The maximum atomic E-state index is 13.4. The molecule has 0 bridgehead atoms. The Morgan fingerprint density at radius 1 is 1.33 bits per heavy atom. The molecule has 0 aliphatic rings. The molecule has 0 aliphatic heterocycles. The van der Waals surface area contributed by atoms with Crippen LogP contribution >= 0.6 is 11.6 Å². The van der Waals surface area contributed by atoms with Gasteiger partial charge in [0, 0.05) is 23.7 Å². The Kier molecular flexibility index (Phi) is 6.92. The number of carbonyl (C=O) groups is 1. The number of ether oxygens (including phenoxy) is 1. The summed E-state index contributed by atoms with van der Waals surface area (Å²) in [7, 11) is 0. The molecule has 0 saturated heterocycles. The van der Waals surface area contributed by atoms with Crippen LogP contribution in [0.2, 0.25) is 5.02 Å². The highest BCUT2D eigenvalue weighted by molar-refractivity contribution is 6.30. The SMILES string of the molecule is CC(C)(C)OC(=O)NCCCNCc1cc(Cl)ccc1F. The van der Waals surface area contributed by atoms with Gasteiger partial charge in [-0.25, -0.2) is 9.18 Å². The topological polar surface area (TPSA) is 50.4 Å². The Bertz CT molecular complexity index is 475. The molecule has 1 aromatic rings. The first-order chi connectivity index (χ1) is 9.78. The molecule has 1 amide bonds. The van der Waals surface area contributed by atoms with E-state index < -0.39 is 11.7 Å². The first kappa shape index (κ1) is 17.7. The summed E-state index contributed by atoms with van der Waals surface area (Å²) in [6, 6.07) is 4.47. The van der Waals surface area contributed by atoms with Crippen molar-refractivity contribution < 1.29 is 13.9 Å². The molecule has 0 atom stereocenters. The predicted octanol–water partition coefficient (Wildman–Crippen LogP) is 3.48. The van der Waals surface area contributed by atoms with E-state index in [0.717, 1.165) is 6.42 Å². The van der Waals surface area contributed by atoms with Crippen LogP contribution in [-0.4, -0.2) is 24.8 Å².